The minimum atomic E-state index is -0.993. The van der Waals surface area contributed by atoms with Crippen LogP contribution in [0.2, 0.25) is 0 Å². The van der Waals surface area contributed by atoms with Gasteiger partial charge in [-0.2, -0.15) is 0 Å². The van der Waals surface area contributed by atoms with Gasteiger partial charge in [0.1, 0.15) is 31.4 Å². The van der Waals surface area contributed by atoms with Gasteiger partial charge >= 0.3 is 23.9 Å². The normalized spacial score (nSPS) is 13.9. The molecule has 10 heteroatoms. The lowest BCUT2D eigenvalue weighted by atomic mass is 10.2. The van der Waals surface area contributed by atoms with Crippen LogP contribution >= 0.6 is 11.8 Å². The Hall–Kier alpha value is -1.81. The number of ether oxygens (including phenoxy) is 5. The molecule has 0 fully saturated rings. The van der Waals surface area contributed by atoms with Crippen molar-refractivity contribution in [3.05, 3.63) is 0 Å². The van der Waals surface area contributed by atoms with E-state index in [0.29, 0.717) is 5.75 Å². The summed E-state index contributed by atoms with van der Waals surface area (Å²) in [7, 11) is 0. The first-order valence-corrected chi connectivity index (χ1v) is 9.04. The quantitative estimate of drug-likeness (QED) is 0.270. The second-order valence-electron chi connectivity index (χ2n) is 5.12. The zero-order valence-corrected chi connectivity index (χ0v) is 16.5. The van der Waals surface area contributed by atoms with Gasteiger partial charge in [-0.25, -0.2) is 0 Å². The zero-order valence-electron chi connectivity index (χ0n) is 15.6. The van der Waals surface area contributed by atoms with E-state index >= 15 is 0 Å². The van der Waals surface area contributed by atoms with E-state index in [4.69, 9.17) is 23.7 Å². The lowest BCUT2D eigenvalue weighted by Gasteiger charge is -2.29. The topological polar surface area (TPSA) is 114 Å². The summed E-state index contributed by atoms with van der Waals surface area (Å²) in [5.41, 5.74) is -0.583. The Bertz CT molecular complexity index is 480. The maximum Gasteiger partial charge on any atom is 0.303 e. The highest BCUT2D eigenvalue weighted by molar-refractivity contribution is 7.99. The van der Waals surface area contributed by atoms with E-state index in [9.17, 15) is 19.2 Å². The minimum Gasteiger partial charge on any atom is -0.463 e. The van der Waals surface area contributed by atoms with E-state index in [1.165, 1.54) is 39.5 Å². The summed E-state index contributed by atoms with van der Waals surface area (Å²) < 4.78 is 25.8. The molecule has 0 N–H and O–H groups in total. The largest absolute Gasteiger partial charge is 0.463 e. The van der Waals surface area contributed by atoms with Crippen molar-refractivity contribution in [3.8, 4) is 0 Å². The molecule has 3 atom stereocenters. The van der Waals surface area contributed by atoms with Crippen LogP contribution in [0.5, 0.6) is 0 Å². The monoisotopic (exact) mass is 394 g/mol. The molecule has 0 amide bonds. The van der Waals surface area contributed by atoms with Crippen molar-refractivity contribution < 1.29 is 42.9 Å². The molecule has 9 nitrogen and oxygen atoms in total. The van der Waals surface area contributed by atoms with Crippen molar-refractivity contribution in [2.45, 2.75) is 52.3 Å². The average Bonchev–Trinajstić information content (AvgIpc) is 2.52. The lowest BCUT2D eigenvalue weighted by molar-refractivity contribution is -0.176. The van der Waals surface area contributed by atoms with Gasteiger partial charge in [0.15, 0.2) is 6.10 Å². The van der Waals surface area contributed by atoms with Crippen LogP contribution in [0.4, 0.5) is 0 Å². The van der Waals surface area contributed by atoms with Gasteiger partial charge in [0.05, 0.1) is 0 Å². The number of thioether (sulfide) groups is 1. The van der Waals surface area contributed by atoms with Crippen LogP contribution < -0.4 is 0 Å². The van der Waals surface area contributed by atoms with E-state index in [0.717, 1.165) is 0 Å². The number of esters is 4. The highest BCUT2D eigenvalue weighted by Crippen LogP contribution is 2.19. The molecule has 26 heavy (non-hydrogen) atoms. The van der Waals surface area contributed by atoms with Crippen molar-refractivity contribution >= 4 is 35.6 Å². The molecule has 0 heterocycles. The van der Waals surface area contributed by atoms with Crippen LogP contribution in [0.3, 0.4) is 0 Å². The predicted molar refractivity (Wildman–Crippen MR) is 92.2 cm³/mol. The molecular weight excluding hydrogens is 368 g/mol. The molecule has 0 bridgehead atoms. The number of hydrogen-bond acceptors (Lipinski definition) is 10. The zero-order chi connectivity index (χ0) is 20.1. The SMILES string of the molecule is CCS[C@H](COC(C)=O)OC(COC(C)=O)[C@H](COC(C)=O)OC(C)=O. The van der Waals surface area contributed by atoms with Gasteiger partial charge < -0.3 is 23.7 Å². The van der Waals surface area contributed by atoms with Crippen molar-refractivity contribution in [1.82, 2.24) is 0 Å². The molecule has 0 aliphatic rings. The van der Waals surface area contributed by atoms with Crippen molar-refractivity contribution in [2.75, 3.05) is 25.6 Å². The first-order valence-electron chi connectivity index (χ1n) is 8.00. The van der Waals surface area contributed by atoms with E-state index in [1.54, 1.807) is 0 Å². The number of carbonyl (C=O) groups excluding carboxylic acids is 4. The maximum atomic E-state index is 11.4. The number of hydrogen-bond donors (Lipinski definition) is 0. The fourth-order valence-corrected chi connectivity index (χ4v) is 2.51. The highest BCUT2D eigenvalue weighted by Gasteiger charge is 2.31. The number of carbonyl (C=O) groups is 4. The molecule has 0 aliphatic carbocycles. The Morgan fingerprint density at radius 1 is 0.731 bits per heavy atom. The first-order chi connectivity index (χ1) is 12.1. The van der Waals surface area contributed by atoms with Crippen molar-refractivity contribution in [2.24, 2.45) is 0 Å². The highest BCUT2D eigenvalue weighted by atomic mass is 32.2. The van der Waals surface area contributed by atoms with Crippen LogP contribution in [0, 0.1) is 0 Å². The predicted octanol–water partition coefficient (Wildman–Crippen LogP) is 1.07. The molecule has 0 aliphatic heterocycles. The molecule has 150 valence electrons. The third-order valence-electron chi connectivity index (χ3n) is 2.74. The maximum absolute atomic E-state index is 11.4. The van der Waals surface area contributed by atoms with Gasteiger partial charge in [-0.1, -0.05) is 6.92 Å². The molecule has 0 aromatic carbocycles. The lowest BCUT2D eigenvalue weighted by Crippen LogP contribution is -2.43. The summed E-state index contributed by atoms with van der Waals surface area (Å²) in [5.74, 6) is -1.53. The van der Waals surface area contributed by atoms with Gasteiger partial charge in [-0.05, 0) is 5.75 Å². The molecule has 1 unspecified atom stereocenters. The Labute approximate surface area is 157 Å². The molecule has 0 spiro atoms. The van der Waals surface area contributed by atoms with Crippen LogP contribution in [-0.2, 0) is 42.9 Å². The van der Waals surface area contributed by atoms with E-state index < -0.39 is 41.5 Å². The molecule has 0 radical (unpaired) electrons. The summed E-state index contributed by atoms with van der Waals surface area (Å²) >= 11 is 1.35. The minimum absolute atomic E-state index is 0.0369. The van der Waals surface area contributed by atoms with Crippen LogP contribution in [0.1, 0.15) is 34.6 Å². The molecular formula is C16H26O9S. The fourth-order valence-electron chi connectivity index (χ4n) is 1.76. The van der Waals surface area contributed by atoms with Crippen LogP contribution in [0.15, 0.2) is 0 Å². The van der Waals surface area contributed by atoms with Crippen LogP contribution in [-0.4, -0.2) is 67.1 Å². The summed E-state index contributed by atoms with van der Waals surface area (Å²) in [6.07, 6.45) is -1.91. The van der Waals surface area contributed by atoms with Gasteiger partial charge in [0.25, 0.3) is 0 Å². The summed E-state index contributed by atoms with van der Waals surface area (Å²) in [6, 6.07) is 0. The van der Waals surface area contributed by atoms with Gasteiger partial charge in [-0.3, -0.25) is 19.2 Å². The Morgan fingerprint density at radius 3 is 1.62 bits per heavy atom. The summed E-state index contributed by atoms with van der Waals surface area (Å²) in [4.78, 5) is 44.6. The van der Waals surface area contributed by atoms with Gasteiger partial charge in [-0.15, -0.1) is 11.8 Å². The van der Waals surface area contributed by atoms with E-state index in [-0.39, 0.29) is 19.8 Å². The second kappa shape index (κ2) is 13.4. The Balaban J connectivity index is 5.22. The summed E-state index contributed by atoms with van der Waals surface area (Å²) in [5, 5.41) is 0. The Kier molecular flexibility index (Phi) is 12.5. The average molecular weight is 394 g/mol. The third kappa shape index (κ3) is 12.5. The van der Waals surface area contributed by atoms with Crippen LogP contribution in [0.25, 0.3) is 0 Å². The molecule has 0 aromatic rings. The van der Waals surface area contributed by atoms with Crippen molar-refractivity contribution in [1.29, 1.82) is 0 Å². The standard InChI is InChI=1S/C16H26O9S/c1-6-26-16(9-23-12(4)19)25-15(8-22-11(3)18)14(24-13(5)20)7-21-10(2)17/h14-16H,6-9H2,1-5H3/t14-,15?,16+/m0/s1. The third-order valence-corrected chi connectivity index (χ3v) is 3.69. The Morgan fingerprint density at radius 2 is 1.19 bits per heavy atom. The molecule has 0 rings (SSSR count). The first kappa shape index (κ1) is 24.2. The fraction of sp³-hybridized carbons (Fsp3) is 0.750. The van der Waals surface area contributed by atoms with Crippen molar-refractivity contribution in [3.63, 3.8) is 0 Å². The van der Waals surface area contributed by atoms with Gasteiger partial charge in [0, 0.05) is 27.7 Å². The molecule has 0 saturated carbocycles. The molecule has 0 saturated heterocycles. The smallest absolute Gasteiger partial charge is 0.303 e. The van der Waals surface area contributed by atoms with Gasteiger partial charge in [0.2, 0.25) is 0 Å². The number of rotatable bonds is 12. The van der Waals surface area contributed by atoms with E-state index in [2.05, 4.69) is 0 Å². The second-order valence-corrected chi connectivity index (χ2v) is 6.55. The summed E-state index contributed by atoms with van der Waals surface area (Å²) in [6.45, 7) is 6.26. The van der Waals surface area contributed by atoms with E-state index in [1.807, 2.05) is 6.92 Å². The molecule has 0 aromatic heterocycles.